The summed E-state index contributed by atoms with van der Waals surface area (Å²) in [5.74, 6) is -0.0364. The van der Waals surface area contributed by atoms with Crippen molar-refractivity contribution < 1.29 is 23.4 Å². The molecule has 152 valence electrons. The van der Waals surface area contributed by atoms with Crippen LogP contribution in [0.15, 0.2) is 41.4 Å². The fraction of sp³-hybridized carbons (Fsp3) is 0.350. The zero-order chi connectivity index (χ0) is 20.4. The number of hydrogen-bond acceptors (Lipinski definition) is 4. The molecule has 0 aromatic heterocycles. The smallest absolute Gasteiger partial charge is 0.191 e. The number of phenolic OH excluding ortho intramolecular Hbond substituents is 1. The maximum atomic E-state index is 13.5. The van der Waals surface area contributed by atoms with E-state index < -0.39 is 11.6 Å². The first kappa shape index (κ1) is 21.3. The Hall–Kier alpha value is -3.03. The predicted molar refractivity (Wildman–Crippen MR) is 104 cm³/mol. The number of nitrogens with zero attached hydrogens (tertiary/aromatic N) is 1. The van der Waals surface area contributed by atoms with Gasteiger partial charge in [-0.3, -0.25) is 4.99 Å². The number of guanidine groups is 1. The SMILES string of the molecule is CCNC(=NCCc1ccc(OC)cc1O)NCCOc1ccc(F)cc1F. The number of hydrogen-bond donors (Lipinski definition) is 3. The molecule has 3 N–H and O–H groups in total. The van der Waals surface area contributed by atoms with Crippen LogP contribution < -0.4 is 20.1 Å². The maximum Gasteiger partial charge on any atom is 0.191 e. The van der Waals surface area contributed by atoms with Crippen LogP contribution in [0.5, 0.6) is 17.2 Å². The van der Waals surface area contributed by atoms with Crippen LogP contribution in [0.2, 0.25) is 0 Å². The molecule has 6 nitrogen and oxygen atoms in total. The van der Waals surface area contributed by atoms with Gasteiger partial charge in [-0.2, -0.15) is 0 Å². The maximum absolute atomic E-state index is 13.5. The van der Waals surface area contributed by atoms with Crippen LogP contribution in [0.1, 0.15) is 12.5 Å². The van der Waals surface area contributed by atoms with Gasteiger partial charge in [0.15, 0.2) is 17.5 Å². The van der Waals surface area contributed by atoms with E-state index in [1.807, 2.05) is 6.92 Å². The Kier molecular flexibility index (Phi) is 8.33. The lowest BCUT2D eigenvalue weighted by Crippen LogP contribution is -2.39. The lowest BCUT2D eigenvalue weighted by atomic mass is 10.1. The highest BCUT2D eigenvalue weighted by Gasteiger charge is 2.06. The van der Waals surface area contributed by atoms with Gasteiger partial charge < -0.3 is 25.2 Å². The molecule has 0 atom stereocenters. The van der Waals surface area contributed by atoms with Crippen LogP contribution in [-0.2, 0) is 6.42 Å². The van der Waals surface area contributed by atoms with E-state index in [9.17, 15) is 13.9 Å². The Balaban J connectivity index is 1.81. The van der Waals surface area contributed by atoms with E-state index in [0.29, 0.717) is 37.8 Å². The van der Waals surface area contributed by atoms with Gasteiger partial charge in [0.2, 0.25) is 0 Å². The molecule has 0 unspecified atom stereocenters. The Morgan fingerprint density at radius 1 is 1.14 bits per heavy atom. The summed E-state index contributed by atoms with van der Waals surface area (Å²) in [6.07, 6.45) is 0.559. The molecule has 0 aliphatic carbocycles. The van der Waals surface area contributed by atoms with Gasteiger partial charge in [0.1, 0.15) is 23.9 Å². The largest absolute Gasteiger partial charge is 0.508 e. The molecular formula is C20H25F2N3O3. The summed E-state index contributed by atoms with van der Waals surface area (Å²) in [4.78, 5) is 4.44. The molecule has 8 heteroatoms. The standard InChI is InChI=1S/C20H25F2N3O3/c1-3-23-20(24-9-8-14-4-6-16(27-2)13-18(14)26)25-10-11-28-19-7-5-15(21)12-17(19)22/h4-7,12-13,26H,3,8-11H2,1-2H3,(H2,23,24,25). The summed E-state index contributed by atoms with van der Waals surface area (Å²) in [7, 11) is 1.54. The second-order valence-electron chi connectivity index (χ2n) is 5.86. The molecule has 0 saturated heterocycles. The lowest BCUT2D eigenvalue weighted by Gasteiger charge is -2.12. The molecule has 2 aromatic carbocycles. The van der Waals surface area contributed by atoms with Gasteiger partial charge in [0, 0.05) is 25.2 Å². The minimum atomic E-state index is -0.736. The molecule has 0 fully saturated rings. The van der Waals surface area contributed by atoms with E-state index in [2.05, 4.69) is 15.6 Å². The number of benzene rings is 2. The lowest BCUT2D eigenvalue weighted by molar-refractivity contribution is 0.304. The first-order chi connectivity index (χ1) is 13.5. The quantitative estimate of drug-likeness (QED) is 0.347. The highest BCUT2D eigenvalue weighted by molar-refractivity contribution is 5.79. The highest BCUT2D eigenvalue weighted by Crippen LogP contribution is 2.23. The van der Waals surface area contributed by atoms with E-state index in [4.69, 9.17) is 9.47 Å². The van der Waals surface area contributed by atoms with Gasteiger partial charge in [-0.1, -0.05) is 6.07 Å². The van der Waals surface area contributed by atoms with Gasteiger partial charge in [-0.25, -0.2) is 8.78 Å². The van der Waals surface area contributed by atoms with Crippen molar-refractivity contribution in [3.05, 3.63) is 53.6 Å². The third-order valence-electron chi connectivity index (χ3n) is 3.83. The van der Waals surface area contributed by atoms with Gasteiger partial charge in [0.25, 0.3) is 0 Å². The normalized spacial score (nSPS) is 11.2. The van der Waals surface area contributed by atoms with E-state index in [0.717, 1.165) is 17.7 Å². The molecule has 28 heavy (non-hydrogen) atoms. The van der Waals surface area contributed by atoms with Crippen molar-refractivity contribution in [2.45, 2.75) is 13.3 Å². The summed E-state index contributed by atoms with van der Waals surface area (Å²) < 4.78 is 36.8. The topological polar surface area (TPSA) is 75.1 Å². The molecule has 2 rings (SSSR count). The molecular weight excluding hydrogens is 368 g/mol. The molecule has 0 heterocycles. The third-order valence-corrected chi connectivity index (χ3v) is 3.83. The zero-order valence-electron chi connectivity index (χ0n) is 16.0. The first-order valence-corrected chi connectivity index (χ1v) is 8.99. The minimum absolute atomic E-state index is 0.000112. The van der Waals surface area contributed by atoms with Crippen LogP contribution in [0, 0.1) is 11.6 Å². The van der Waals surface area contributed by atoms with Crippen molar-refractivity contribution in [3.8, 4) is 17.2 Å². The van der Waals surface area contributed by atoms with Gasteiger partial charge in [-0.05, 0) is 37.1 Å². The predicted octanol–water partition coefficient (Wildman–Crippen LogP) is 2.86. The summed E-state index contributed by atoms with van der Waals surface area (Å²) >= 11 is 0. The van der Waals surface area contributed by atoms with Gasteiger partial charge in [0.05, 0.1) is 13.7 Å². The average molecular weight is 393 g/mol. The summed E-state index contributed by atoms with van der Waals surface area (Å²) in [6.45, 7) is 3.65. The highest BCUT2D eigenvalue weighted by atomic mass is 19.1. The number of methoxy groups -OCH3 is 1. The van der Waals surface area contributed by atoms with Crippen molar-refractivity contribution in [1.29, 1.82) is 0 Å². The fourth-order valence-electron chi connectivity index (χ4n) is 2.43. The van der Waals surface area contributed by atoms with Crippen molar-refractivity contribution in [2.24, 2.45) is 4.99 Å². The van der Waals surface area contributed by atoms with Crippen molar-refractivity contribution in [2.75, 3.05) is 33.4 Å². The van der Waals surface area contributed by atoms with E-state index in [1.165, 1.54) is 6.07 Å². The summed E-state index contributed by atoms with van der Waals surface area (Å²) in [5.41, 5.74) is 0.774. The molecule has 2 aromatic rings. The number of ether oxygens (including phenoxy) is 2. The molecule has 0 aliphatic rings. The van der Waals surface area contributed by atoms with E-state index in [1.54, 1.807) is 25.3 Å². The van der Waals surface area contributed by atoms with Crippen LogP contribution in [0.3, 0.4) is 0 Å². The number of nitrogens with one attached hydrogen (secondary N) is 2. The first-order valence-electron chi connectivity index (χ1n) is 8.99. The Morgan fingerprint density at radius 2 is 1.96 bits per heavy atom. The molecule has 0 saturated carbocycles. The molecule has 0 radical (unpaired) electrons. The number of halogens is 2. The Bertz CT molecular complexity index is 800. The number of aliphatic imine (C=N–C) groups is 1. The average Bonchev–Trinajstić information content (AvgIpc) is 2.67. The van der Waals surface area contributed by atoms with Crippen molar-refractivity contribution >= 4 is 5.96 Å². The Labute approximate surface area is 163 Å². The number of aromatic hydroxyl groups is 1. The molecule has 0 spiro atoms. The summed E-state index contributed by atoms with van der Waals surface area (Å²) in [6, 6.07) is 8.33. The number of phenols is 1. The van der Waals surface area contributed by atoms with Crippen LogP contribution in [0.4, 0.5) is 8.78 Å². The van der Waals surface area contributed by atoms with Gasteiger partial charge in [-0.15, -0.1) is 0 Å². The second-order valence-corrected chi connectivity index (χ2v) is 5.86. The second kappa shape index (κ2) is 11.0. The van der Waals surface area contributed by atoms with Crippen LogP contribution >= 0.6 is 0 Å². The van der Waals surface area contributed by atoms with E-state index >= 15 is 0 Å². The summed E-state index contributed by atoms with van der Waals surface area (Å²) in [5, 5.41) is 16.2. The van der Waals surface area contributed by atoms with Crippen LogP contribution in [-0.4, -0.2) is 44.4 Å². The third kappa shape index (κ3) is 6.61. The monoisotopic (exact) mass is 393 g/mol. The molecule has 0 bridgehead atoms. The van der Waals surface area contributed by atoms with Crippen LogP contribution in [0.25, 0.3) is 0 Å². The Morgan fingerprint density at radius 3 is 2.64 bits per heavy atom. The minimum Gasteiger partial charge on any atom is -0.508 e. The zero-order valence-corrected chi connectivity index (χ0v) is 16.0. The number of rotatable bonds is 9. The van der Waals surface area contributed by atoms with Gasteiger partial charge >= 0.3 is 0 Å². The molecule has 0 amide bonds. The fourth-order valence-corrected chi connectivity index (χ4v) is 2.43. The van der Waals surface area contributed by atoms with E-state index in [-0.39, 0.29) is 18.1 Å². The van der Waals surface area contributed by atoms with Crippen molar-refractivity contribution in [1.82, 2.24) is 10.6 Å². The molecule has 0 aliphatic heterocycles. The van der Waals surface area contributed by atoms with Crippen molar-refractivity contribution in [3.63, 3.8) is 0 Å².